The minimum Gasteiger partial charge on any atom is -0.483 e. The quantitative estimate of drug-likeness (QED) is 0.861. The minimum absolute atomic E-state index is 0.0241. The largest absolute Gasteiger partial charge is 0.483 e. The van der Waals surface area contributed by atoms with E-state index in [1.807, 2.05) is 13.8 Å². The molecule has 0 atom stereocenters. The second-order valence-corrected chi connectivity index (χ2v) is 4.25. The third-order valence-electron chi connectivity index (χ3n) is 2.71. The molecule has 2 N–H and O–H groups in total. The molecule has 0 heterocycles. The van der Waals surface area contributed by atoms with Crippen LogP contribution in [0.5, 0.6) is 5.75 Å². The Kier molecular flexibility index (Phi) is 5.95. The number of rotatable bonds is 6. The molecule has 18 heavy (non-hydrogen) atoms. The number of halogens is 1. The molecule has 1 rings (SSSR count). The number of carbonyl (C=O) groups excluding carboxylic acids is 1. The summed E-state index contributed by atoms with van der Waals surface area (Å²) in [7, 11) is 0. The molecule has 0 aliphatic rings. The first-order valence-corrected chi connectivity index (χ1v) is 6.39. The maximum absolute atomic E-state index is 11.8. The molecule has 0 bridgehead atoms. The number of ether oxygens (including phenoxy) is 1. The van der Waals surface area contributed by atoms with Gasteiger partial charge in [0, 0.05) is 30.2 Å². The Hall–Kier alpha value is -1.26. The summed E-state index contributed by atoms with van der Waals surface area (Å²) in [5, 5.41) is 0.609. The van der Waals surface area contributed by atoms with Crippen LogP contribution < -0.4 is 10.5 Å². The Morgan fingerprint density at radius 3 is 2.61 bits per heavy atom. The van der Waals surface area contributed by atoms with Crippen molar-refractivity contribution in [3.63, 3.8) is 0 Å². The molecule has 0 aliphatic heterocycles. The van der Waals surface area contributed by atoms with Gasteiger partial charge in [-0.2, -0.15) is 0 Å². The van der Waals surface area contributed by atoms with Gasteiger partial charge in [-0.25, -0.2) is 0 Å². The first-order valence-electron chi connectivity index (χ1n) is 6.01. The molecule has 5 heteroatoms. The fourth-order valence-electron chi connectivity index (χ4n) is 1.66. The van der Waals surface area contributed by atoms with Crippen molar-refractivity contribution < 1.29 is 9.53 Å². The molecular formula is C13H19ClN2O2. The van der Waals surface area contributed by atoms with E-state index < -0.39 is 0 Å². The number of amides is 1. The fraction of sp³-hybridized carbons (Fsp3) is 0.462. The summed E-state index contributed by atoms with van der Waals surface area (Å²) in [6.07, 6.45) is 0. The third kappa shape index (κ3) is 3.89. The van der Waals surface area contributed by atoms with Crippen LogP contribution in [0.15, 0.2) is 18.2 Å². The number of hydrogen-bond donors (Lipinski definition) is 1. The molecule has 1 aromatic rings. The lowest BCUT2D eigenvalue weighted by molar-refractivity contribution is -0.132. The van der Waals surface area contributed by atoms with Crippen molar-refractivity contribution in [2.75, 3.05) is 19.7 Å². The third-order valence-corrected chi connectivity index (χ3v) is 2.94. The van der Waals surface area contributed by atoms with E-state index >= 15 is 0 Å². The van der Waals surface area contributed by atoms with Crippen LogP contribution in [0.2, 0.25) is 5.02 Å². The Labute approximate surface area is 113 Å². The highest BCUT2D eigenvalue weighted by Crippen LogP contribution is 2.22. The van der Waals surface area contributed by atoms with E-state index in [1.54, 1.807) is 23.1 Å². The van der Waals surface area contributed by atoms with Crippen molar-refractivity contribution in [2.24, 2.45) is 5.73 Å². The van der Waals surface area contributed by atoms with Crippen LogP contribution in [0.1, 0.15) is 19.4 Å². The topological polar surface area (TPSA) is 55.6 Å². The van der Waals surface area contributed by atoms with Crippen molar-refractivity contribution in [3.05, 3.63) is 28.8 Å². The summed E-state index contributed by atoms with van der Waals surface area (Å²) in [6.45, 7) is 5.60. The minimum atomic E-state index is -0.0297. The van der Waals surface area contributed by atoms with Crippen LogP contribution in [-0.4, -0.2) is 30.5 Å². The second-order valence-electron chi connectivity index (χ2n) is 3.81. The molecule has 0 aromatic heterocycles. The standard InChI is InChI=1S/C13H19ClN2O2/c1-3-16(4-2)13(17)9-18-12-6-5-11(14)7-10(12)8-15/h5-7H,3-4,8-9,15H2,1-2H3. The van der Waals surface area contributed by atoms with Crippen LogP contribution in [0.25, 0.3) is 0 Å². The van der Waals surface area contributed by atoms with Crippen molar-refractivity contribution in [1.82, 2.24) is 4.90 Å². The number of likely N-dealkylation sites (N-methyl/N-ethyl adjacent to an activating group) is 1. The monoisotopic (exact) mass is 270 g/mol. The lowest BCUT2D eigenvalue weighted by Gasteiger charge is -2.19. The number of nitrogens with two attached hydrogens (primary N) is 1. The van der Waals surface area contributed by atoms with Crippen LogP contribution in [0, 0.1) is 0 Å². The van der Waals surface area contributed by atoms with E-state index in [0.29, 0.717) is 30.4 Å². The van der Waals surface area contributed by atoms with E-state index in [9.17, 15) is 4.79 Å². The van der Waals surface area contributed by atoms with E-state index in [2.05, 4.69) is 0 Å². The highest BCUT2D eigenvalue weighted by Gasteiger charge is 2.11. The van der Waals surface area contributed by atoms with Crippen LogP contribution >= 0.6 is 11.6 Å². The molecular weight excluding hydrogens is 252 g/mol. The predicted octanol–water partition coefficient (Wildman–Crippen LogP) is 2.05. The maximum atomic E-state index is 11.8. The summed E-state index contributed by atoms with van der Waals surface area (Å²) >= 11 is 5.87. The Morgan fingerprint density at radius 2 is 2.06 bits per heavy atom. The van der Waals surface area contributed by atoms with Crippen molar-refractivity contribution >= 4 is 17.5 Å². The van der Waals surface area contributed by atoms with Gasteiger partial charge in [-0.1, -0.05) is 11.6 Å². The zero-order chi connectivity index (χ0) is 13.5. The van der Waals surface area contributed by atoms with Gasteiger partial charge in [-0.05, 0) is 32.0 Å². The van der Waals surface area contributed by atoms with Crippen LogP contribution in [-0.2, 0) is 11.3 Å². The lowest BCUT2D eigenvalue weighted by Crippen LogP contribution is -2.34. The highest BCUT2D eigenvalue weighted by molar-refractivity contribution is 6.30. The SMILES string of the molecule is CCN(CC)C(=O)COc1ccc(Cl)cc1CN. The summed E-state index contributed by atoms with van der Waals surface area (Å²) in [5.74, 6) is 0.584. The van der Waals surface area contributed by atoms with Gasteiger partial charge in [-0.3, -0.25) is 4.79 Å². The molecule has 0 fully saturated rings. The summed E-state index contributed by atoms with van der Waals surface area (Å²) in [5.41, 5.74) is 6.40. The van der Waals surface area contributed by atoms with Gasteiger partial charge in [0.2, 0.25) is 0 Å². The van der Waals surface area contributed by atoms with Crippen LogP contribution in [0.4, 0.5) is 0 Å². The zero-order valence-electron chi connectivity index (χ0n) is 10.8. The van der Waals surface area contributed by atoms with Gasteiger partial charge in [-0.15, -0.1) is 0 Å². The number of nitrogens with zero attached hydrogens (tertiary/aromatic N) is 1. The summed E-state index contributed by atoms with van der Waals surface area (Å²) in [6, 6.07) is 5.21. The van der Waals surface area contributed by atoms with Gasteiger partial charge in [0.15, 0.2) is 6.61 Å². The number of benzene rings is 1. The summed E-state index contributed by atoms with van der Waals surface area (Å²) < 4.78 is 5.50. The second kappa shape index (κ2) is 7.24. The van der Waals surface area contributed by atoms with Gasteiger partial charge in [0.25, 0.3) is 5.91 Å². The van der Waals surface area contributed by atoms with Crippen molar-refractivity contribution in [2.45, 2.75) is 20.4 Å². The lowest BCUT2D eigenvalue weighted by atomic mass is 10.2. The van der Waals surface area contributed by atoms with Crippen molar-refractivity contribution in [1.29, 1.82) is 0 Å². The van der Waals surface area contributed by atoms with Crippen LogP contribution in [0.3, 0.4) is 0 Å². The molecule has 0 radical (unpaired) electrons. The van der Waals surface area contributed by atoms with Gasteiger partial charge in [0.1, 0.15) is 5.75 Å². The van der Waals surface area contributed by atoms with E-state index in [4.69, 9.17) is 22.1 Å². The molecule has 0 saturated carbocycles. The normalized spacial score (nSPS) is 10.2. The fourth-order valence-corrected chi connectivity index (χ4v) is 1.85. The maximum Gasteiger partial charge on any atom is 0.260 e. The average molecular weight is 271 g/mol. The molecule has 1 amide bonds. The molecule has 0 unspecified atom stereocenters. The molecule has 0 spiro atoms. The Bertz CT molecular complexity index is 406. The summed E-state index contributed by atoms with van der Waals surface area (Å²) in [4.78, 5) is 13.5. The number of hydrogen-bond acceptors (Lipinski definition) is 3. The molecule has 1 aromatic carbocycles. The van der Waals surface area contributed by atoms with E-state index in [0.717, 1.165) is 5.56 Å². The first-order chi connectivity index (χ1) is 8.62. The van der Waals surface area contributed by atoms with Gasteiger partial charge < -0.3 is 15.4 Å². The van der Waals surface area contributed by atoms with E-state index in [-0.39, 0.29) is 12.5 Å². The van der Waals surface area contributed by atoms with Crippen molar-refractivity contribution in [3.8, 4) is 5.75 Å². The number of carbonyl (C=O) groups is 1. The Balaban J connectivity index is 2.66. The highest BCUT2D eigenvalue weighted by atomic mass is 35.5. The zero-order valence-corrected chi connectivity index (χ0v) is 11.5. The molecule has 4 nitrogen and oxygen atoms in total. The van der Waals surface area contributed by atoms with Gasteiger partial charge >= 0.3 is 0 Å². The first kappa shape index (κ1) is 14.8. The average Bonchev–Trinajstić information content (AvgIpc) is 2.38. The molecule has 0 saturated heterocycles. The van der Waals surface area contributed by atoms with Gasteiger partial charge in [0.05, 0.1) is 0 Å². The molecule has 100 valence electrons. The smallest absolute Gasteiger partial charge is 0.260 e. The predicted molar refractivity (Wildman–Crippen MR) is 72.8 cm³/mol. The van der Waals surface area contributed by atoms with E-state index in [1.165, 1.54) is 0 Å². The Morgan fingerprint density at radius 1 is 1.39 bits per heavy atom. The molecule has 0 aliphatic carbocycles.